The van der Waals surface area contributed by atoms with Gasteiger partial charge in [0.25, 0.3) is 0 Å². The van der Waals surface area contributed by atoms with Crippen LogP contribution in [0.2, 0.25) is 0 Å². The van der Waals surface area contributed by atoms with E-state index in [1.807, 2.05) is 18.9 Å². The fourth-order valence-corrected chi connectivity index (χ4v) is 1.87. The third kappa shape index (κ3) is 3.35. The monoisotopic (exact) mass is 215 g/mol. The van der Waals surface area contributed by atoms with Gasteiger partial charge in [0.15, 0.2) is 0 Å². The molecule has 0 radical (unpaired) electrons. The Morgan fingerprint density at radius 3 is 2.87 bits per heavy atom. The predicted molar refractivity (Wildman–Crippen MR) is 58.9 cm³/mol. The molecule has 1 aliphatic heterocycles. The fourth-order valence-electron chi connectivity index (χ4n) is 1.87. The lowest BCUT2D eigenvalue weighted by Gasteiger charge is -2.39. The highest BCUT2D eigenvalue weighted by Crippen LogP contribution is 2.09. The minimum Gasteiger partial charge on any atom is -0.450 e. The van der Waals surface area contributed by atoms with Gasteiger partial charge in [-0.15, -0.1) is 0 Å². The summed E-state index contributed by atoms with van der Waals surface area (Å²) in [5.74, 6) is 0. The van der Waals surface area contributed by atoms with Crippen molar-refractivity contribution in [1.29, 1.82) is 0 Å². The summed E-state index contributed by atoms with van der Waals surface area (Å²) in [6.45, 7) is 5.65. The Labute approximate surface area is 91.4 Å². The molecule has 1 atom stereocenters. The molecule has 1 heterocycles. The lowest BCUT2D eigenvalue weighted by Crippen LogP contribution is -2.57. The zero-order chi connectivity index (χ0) is 11.3. The van der Waals surface area contributed by atoms with Gasteiger partial charge in [-0.25, -0.2) is 4.79 Å². The van der Waals surface area contributed by atoms with Crippen LogP contribution in [0.5, 0.6) is 0 Å². The van der Waals surface area contributed by atoms with Crippen molar-refractivity contribution < 1.29 is 9.53 Å². The predicted octanol–water partition coefficient (Wildman–Crippen LogP) is -0.0217. The first-order chi connectivity index (χ1) is 7.19. The number of carbonyl (C=O) groups excluding carboxylic acids is 1. The van der Waals surface area contributed by atoms with Crippen LogP contribution in [0, 0.1) is 0 Å². The molecule has 0 spiro atoms. The Balaban J connectivity index is 2.55. The van der Waals surface area contributed by atoms with E-state index in [0.29, 0.717) is 6.61 Å². The third-order valence-electron chi connectivity index (χ3n) is 2.63. The Morgan fingerprint density at radius 2 is 2.27 bits per heavy atom. The number of piperazine rings is 1. The first kappa shape index (κ1) is 12.3. The van der Waals surface area contributed by atoms with Gasteiger partial charge in [-0.1, -0.05) is 0 Å². The van der Waals surface area contributed by atoms with E-state index in [4.69, 9.17) is 4.74 Å². The first-order valence-corrected chi connectivity index (χ1v) is 5.45. The van der Waals surface area contributed by atoms with E-state index in [1.54, 1.807) is 0 Å². The van der Waals surface area contributed by atoms with Crippen molar-refractivity contribution in [2.24, 2.45) is 0 Å². The van der Waals surface area contributed by atoms with Gasteiger partial charge in [-0.2, -0.15) is 0 Å². The normalized spacial score (nSPS) is 22.9. The minimum atomic E-state index is -0.189. The maximum Gasteiger partial charge on any atom is 0.410 e. The second-order valence-corrected chi connectivity index (χ2v) is 3.87. The molecule has 1 aliphatic rings. The highest BCUT2D eigenvalue weighted by molar-refractivity contribution is 5.68. The number of nitrogens with zero attached hydrogens (tertiary/aromatic N) is 2. The molecule has 5 heteroatoms. The summed E-state index contributed by atoms with van der Waals surface area (Å²) >= 11 is 0. The van der Waals surface area contributed by atoms with Crippen molar-refractivity contribution >= 4 is 6.09 Å². The van der Waals surface area contributed by atoms with Gasteiger partial charge in [0.2, 0.25) is 0 Å². The molecule has 1 N–H and O–H groups in total. The Hall–Kier alpha value is -0.810. The van der Waals surface area contributed by atoms with E-state index in [1.165, 1.54) is 0 Å². The van der Waals surface area contributed by atoms with Crippen molar-refractivity contribution in [3.8, 4) is 0 Å². The van der Waals surface area contributed by atoms with Crippen molar-refractivity contribution in [3.05, 3.63) is 0 Å². The number of amides is 1. The SMILES string of the molecule is CCOC(=O)N1CCN(C)CC1CNC. The first-order valence-electron chi connectivity index (χ1n) is 5.45. The maximum absolute atomic E-state index is 11.6. The zero-order valence-electron chi connectivity index (χ0n) is 9.82. The van der Waals surface area contributed by atoms with Crippen LogP contribution in [0.15, 0.2) is 0 Å². The summed E-state index contributed by atoms with van der Waals surface area (Å²) in [6.07, 6.45) is -0.189. The fraction of sp³-hybridized carbons (Fsp3) is 0.900. The lowest BCUT2D eigenvalue weighted by molar-refractivity contribution is 0.0567. The molecule has 0 bridgehead atoms. The molecular weight excluding hydrogens is 194 g/mol. The van der Waals surface area contributed by atoms with Crippen molar-refractivity contribution in [2.75, 3.05) is 46.9 Å². The smallest absolute Gasteiger partial charge is 0.410 e. The van der Waals surface area contributed by atoms with Crippen LogP contribution in [0.1, 0.15) is 6.92 Å². The standard InChI is InChI=1S/C10H21N3O2/c1-4-15-10(14)13-6-5-12(3)8-9(13)7-11-2/h9,11H,4-8H2,1-3H3. The average Bonchev–Trinajstić information content (AvgIpc) is 2.18. The maximum atomic E-state index is 11.6. The molecule has 1 amide bonds. The second kappa shape index (κ2) is 5.92. The van der Waals surface area contributed by atoms with Crippen molar-refractivity contribution in [3.63, 3.8) is 0 Å². The number of carbonyl (C=O) groups is 1. The molecule has 0 aromatic carbocycles. The summed E-state index contributed by atoms with van der Waals surface area (Å²) in [5, 5.41) is 3.11. The van der Waals surface area contributed by atoms with Crippen LogP contribution in [-0.4, -0.2) is 68.8 Å². The molecule has 1 fully saturated rings. The van der Waals surface area contributed by atoms with E-state index >= 15 is 0 Å². The summed E-state index contributed by atoms with van der Waals surface area (Å²) < 4.78 is 5.03. The molecule has 0 aromatic heterocycles. The highest BCUT2D eigenvalue weighted by Gasteiger charge is 2.29. The van der Waals surface area contributed by atoms with Gasteiger partial charge in [-0.3, -0.25) is 0 Å². The molecule has 1 saturated heterocycles. The van der Waals surface area contributed by atoms with E-state index in [2.05, 4.69) is 17.3 Å². The molecule has 0 aliphatic carbocycles. The number of likely N-dealkylation sites (N-methyl/N-ethyl adjacent to an activating group) is 2. The number of rotatable bonds is 3. The lowest BCUT2D eigenvalue weighted by atomic mass is 10.2. The Kier molecular flexibility index (Phi) is 4.84. The summed E-state index contributed by atoms with van der Waals surface area (Å²) in [7, 11) is 3.98. The minimum absolute atomic E-state index is 0.189. The third-order valence-corrected chi connectivity index (χ3v) is 2.63. The number of hydrogen-bond donors (Lipinski definition) is 1. The number of hydrogen-bond acceptors (Lipinski definition) is 4. The molecular formula is C10H21N3O2. The van der Waals surface area contributed by atoms with Crippen LogP contribution < -0.4 is 5.32 Å². The summed E-state index contributed by atoms with van der Waals surface area (Å²) in [4.78, 5) is 15.7. The Bertz CT molecular complexity index is 211. The molecule has 1 rings (SSSR count). The van der Waals surface area contributed by atoms with Crippen molar-refractivity contribution in [2.45, 2.75) is 13.0 Å². The van der Waals surface area contributed by atoms with Crippen LogP contribution in [0.3, 0.4) is 0 Å². The van der Waals surface area contributed by atoms with Gasteiger partial charge in [-0.05, 0) is 21.0 Å². The largest absolute Gasteiger partial charge is 0.450 e. The van der Waals surface area contributed by atoms with Crippen LogP contribution in [0.25, 0.3) is 0 Å². The van der Waals surface area contributed by atoms with Gasteiger partial charge in [0.05, 0.1) is 12.6 Å². The number of nitrogens with one attached hydrogen (secondary N) is 1. The van der Waals surface area contributed by atoms with E-state index in [9.17, 15) is 4.79 Å². The van der Waals surface area contributed by atoms with Crippen LogP contribution in [-0.2, 0) is 4.74 Å². The van der Waals surface area contributed by atoms with Gasteiger partial charge in [0, 0.05) is 26.2 Å². The van der Waals surface area contributed by atoms with E-state index in [0.717, 1.165) is 26.2 Å². The molecule has 5 nitrogen and oxygen atoms in total. The molecule has 0 saturated carbocycles. The van der Waals surface area contributed by atoms with Crippen molar-refractivity contribution in [1.82, 2.24) is 15.1 Å². The van der Waals surface area contributed by atoms with Gasteiger partial charge < -0.3 is 19.9 Å². The van der Waals surface area contributed by atoms with Gasteiger partial charge in [0.1, 0.15) is 0 Å². The summed E-state index contributed by atoms with van der Waals surface area (Å²) in [5.41, 5.74) is 0. The van der Waals surface area contributed by atoms with Crippen LogP contribution in [0.4, 0.5) is 4.79 Å². The molecule has 0 aromatic rings. The quantitative estimate of drug-likeness (QED) is 0.718. The Morgan fingerprint density at radius 1 is 1.53 bits per heavy atom. The van der Waals surface area contributed by atoms with Gasteiger partial charge >= 0.3 is 6.09 Å². The second-order valence-electron chi connectivity index (χ2n) is 3.87. The molecule has 88 valence electrons. The summed E-state index contributed by atoms with van der Waals surface area (Å²) in [6, 6.07) is 0.216. The molecule has 15 heavy (non-hydrogen) atoms. The zero-order valence-corrected chi connectivity index (χ0v) is 9.82. The molecule has 1 unspecified atom stereocenters. The average molecular weight is 215 g/mol. The van der Waals surface area contributed by atoms with E-state index in [-0.39, 0.29) is 12.1 Å². The van der Waals surface area contributed by atoms with Crippen LogP contribution >= 0.6 is 0 Å². The highest BCUT2D eigenvalue weighted by atomic mass is 16.6. The van der Waals surface area contributed by atoms with E-state index < -0.39 is 0 Å². The topological polar surface area (TPSA) is 44.8 Å². The number of ether oxygens (including phenoxy) is 1.